The van der Waals surface area contributed by atoms with Crippen LogP contribution in [-0.4, -0.2) is 23.9 Å². The standard InChI is InChI=1S/C12H18N2O.ClH/c1-9-6-4-5-7-11(9)8-14(3)12(15)10(2)13;/h4-7,10H,8,13H2,1-3H3;1H/t10-;/m0./s1. The maximum Gasteiger partial charge on any atom is 0.239 e. The van der Waals surface area contributed by atoms with Gasteiger partial charge in [0.25, 0.3) is 0 Å². The maximum absolute atomic E-state index is 11.6. The molecule has 16 heavy (non-hydrogen) atoms. The number of carbonyl (C=O) groups is 1. The minimum atomic E-state index is -0.431. The molecule has 0 aromatic heterocycles. The maximum atomic E-state index is 11.6. The Kier molecular flexibility index (Phi) is 6.08. The van der Waals surface area contributed by atoms with Crippen molar-refractivity contribution in [3.63, 3.8) is 0 Å². The summed E-state index contributed by atoms with van der Waals surface area (Å²) in [6.07, 6.45) is 0. The molecular weight excluding hydrogens is 224 g/mol. The van der Waals surface area contributed by atoms with E-state index >= 15 is 0 Å². The number of rotatable bonds is 3. The second kappa shape index (κ2) is 6.51. The third-order valence-corrected chi connectivity index (χ3v) is 2.43. The largest absolute Gasteiger partial charge is 0.340 e. The smallest absolute Gasteiger partial charge is 0.239 e. The van der Waals surface area contributed by atoms with Crippen LogP contribution in [0.3, 0.4) is 0 Å². The van der Waals surface area contributed by atoms with E-state index in [9.17, 15) is 4.79 Å². The Morgan fingerprint density at radius 1 is 1.44 bits per heavy atom. The minimum Gasteiger partial charge on any atom is -0.340 e. The first-order valence-electron chi connectivity index (χ1n) is 5.07. The molecule has 0 radical (unpaired) electrons. The topological polar surface area (TPSA) is 46.3 Å². The van der Waals surface area contributed by atoms with Crippen LogP contribution in [0, 0.1) is 6.92 Å². The quantitative estimate of drug-likeness (QED) is 0.878. The number of likely N-dealkylation sites (N-methyl/N-ethyl adjacent to an activating group) is 1. The summed E-state index contributed by atoms with van der Waals surface area (Å²) in [4.78, 5) is 13.2. The molecule has 1 aromatic carbocycles. The highest BCUT2D eigenvalue weighted by Crippen LogP contribution is 2.09. The number of aryl methyl sites for hydroxylation is 1. The summed E-state index contributed by atoms with van der Waals surface area (Å²) < 4.78 is 0. The molecule has 1 atom stereocenters. The van der Waals surface area contributed by atoms with Crippen LogP contribution in [0.5, 0.6) is 0 Å². The normalized spacial score (nSPS) is 11.5. The van der Waals surface area contributed by atoms with Crippen molar-refractivity contribution >= 4 is 18.3 Å². The van der Waals surface area contributed by atoms with Crippen LogP contribution in [0.1, 0.15) is 18.1 Å². The zero-order valence-corrected chi connectivity index (χ0v) is 10.8. The summed E-state index contributed by atoms with van der Waals surface area (Å²) >= 11 is 0. The number of nitrogens with zero attached hydrogens (tertiary/aromatic N) is 1. The van der Waals surface area contributed by atoms with Gasteiger partial charge in [-0.1, -0.05) is 24.3 Å². The summed E-state index contributed by atoms with van der Waals surface area (Å²) in [7, 11) is 1.78. The van der Waals surface area contributed by atoms with E-state index in [0.717, 1.165) is 5.56 Å². The van der Waals surface area contributed by atoms with Gasteiger partial charge in [-0.05, 0) is 25.0 Å². The van der Waals surface area contributed by atoms with Gasteiger partial charge in [0.15, 0.2) is 0 Å². The van der Waals surface area contributed by atoms with Gasteiger partial charge in [-0.3, -0.25) is 4.79 Å². The molecule has 0 spiro atoms. The number of nitrogens with two attached hydrogens (primary N) is 1. The molecular formula is C12H19ClN2O. The molecule has 4 heteroatoms. The summed E-state index contributed by atoms with van der Waals surface area (Å²) in [6.45, 7) is 4.36. The lowest BCUT2D eigenvalue weighted by molar-refractivity contribution is -0.131. The molecule has 1 amide bonds. The molecule has 0 aliphatic carbocycles. The van der Waals surface area contributed by atoms with Crippen LogP contribution in [-0.2, 0) is 11.3 Å². The second-order valence-corrected chi connectivity index (χ2v) is 3.91. The third kappa shape index (κ3) is 3.83. The zero-order chi connectivity index (χ0) is 11.4. The van der Waals surface area contributed by atoms with E-state index in [2.05, 4.69) is 0 Å². The van der Waals surface area contributed by atoms with E-state index in [4.69, 9.17) is 5.73 Å². The Labute approximate surface area is 103 Å². The van der Waals surface area contributed by atoms with Gasteiger partial charge in [-0.15, -0.1) is 12.4 Å². The van der Waals surface area contributed by atoms with Crippen molar-refractivity contribution in [1.82, 2.24) is 4.90 Å². The van der Waals surface area contributed by atoms with Gasteiger partial charge in [-0.2, -0.15) is 0 Å². The van der Waals surface area contributed by atoms with Crippen molar-refractivity contribution in [2.24, 2.45) is 5.73 Å². The first-order chi connectivity index (χ1) is 7.02. The highest BCUT2D eigenvalue weighted by atomic mass is 35.5. The molecule has 2 N–H and O–H groups in total. The lowest BCUT2D eigenvalue weighted by Crippen LogP contribution is -2.39. The predicted molar refractivity (Wildman–Crippen MR) is 68.6 cm³/mol. The van der Waals surface area contributed by atoms with Gasteiger partial charge in [0, 0.05) is 13.6 Å². The number of amides is 1. The molecule has 1 rings (SSSR count). The highest BCUT2D eigenvalue weighted by molar-refractivity contribution is 5.85. The van der Waals surface area contributed by atoms with Crippen molar-refractivity contribution in [2.75, 3.05) is 7.05 Å². The van der Waals surface area contributed by atoms with E-state index in [1.807, 2.05) is 31.2 Å². The summed E-state index contributed by atoms with van der Waals surface area (Å²) in [5.41, 5.74) is 7.89. The van der Waals surface area contributed by atoms with Gasteiger partial charge < -0.3 is 10.6 Å². The van der Waals surface area contributed by atoms with Gasteiger partial charge in [0.1, 0.15) is 0 Å². The van der Waals surface area contributed by atoms with Crippen LogP contribution < -0.4 is 5.73 Å². The van der Waals surface area contributed by atoms with Crippen molar-refractivity contribution < 1.29 is 4.79 Å². The van der Waals surface area contributed by atoms with Crippen molar-refractivity contribution in [2.45, 2.75) is 26.4 Å². The van der Waals surface area contributed by atoms with Crippen molar-refractivity contribution in [3.8, 4) is 0 Å². The van der Waals surface area contributed by atoms with Crippen LogP contribution in [0.25, 0.3) is 0 Å². The molecule has 0 aliphatic heterocycles. The first-order valence-corrected chi connectivity index (χ1v) is 5.07. The van der Waals surface area contributed by atoms with Crippen LogP contribution >= 0.6 is 12.4 Å². The van der Waals surface area contributed by atoms with Crippen LogP contribution in [0.15, 0.2) is 24.3 Å². The Hall–Kier alpha value is -1.06. The van der Waals surface area contributed by atoms with Gasteiger partial charge in [0.05, 0.1) is 6.04 Å². The first kappa shape index (κ1) is 14.9. The average Bonchev–Trinajstić information content (AvgIpc) is 2.20. The number of halogens is 1. The second-order valence-electron chi connectivity index (χ2n) is 3.91. The fourth-order valence-corrected chi connectivity index (χ4v) is 1.47. The summed E-state index contributed by atoms with van der Waals surface area (Å²) in [6, 6.07) is 7.61. The predicted octanol–water partition coefficient (Wildman–Crippen LogP) is 1.72. The highest BCUT2D eigenvalue weighted by Gasteiger charge is 2.13. The minimum absolute atomic E-state index is 0. The molecule has 0 saturated heterocycles. The van der Waals surface area contributed by atoms with Gasteiger partial charge in [0.2, 0.25) is 5.91 Å². The number of benzene rings is 1. The molecule has 0 unspecified atom stereocenters. The average molecular weight is 243 g/mol. The Morgan fingerprint density at radius 3 is 2.50 bits per heavy atom. The fraction of sp³-hybridized carbons (Fsp3) is 0.417. The van der Waals surface area contributed by atoms with Gasteiger partial charge in [-0.25, -0.2) is 0 Å². The lowest BCUT2D eigenvalue weighted by atomic mass is 10.1. The zero-order valence-electron chi connectivity index (χ0n) is 9.93. The number of carbonyl (C=O) groups excluding carboxylic acids is 1. The van der Waals surface area contributed by atoms with Crippen molar-refractivity contribution in [1.29, 1.82) is 0 Å². The fourth-order valence-electron chi connectivity index (χ4n) is 1.47. The van der Waals surface area contributed by atoms with E-state index < -0.39 is 6.04 Å². The molecule has 1 aromatic rings. The molecule has 0 aliphatic rings. The Balaban J connectivity index is 0.00000225. The molecule has 0 saturated carbocycles. The van der Waals surface area contributed by atoms with Crippen LogP contribution in [0.2, 0.25) is 0 Å². The number of hydrogen-bond donors (Lipinski definition) is 1. The van der Waals surface area contributed by atoms with E-state index in [1.165, 1.54) is 5.56 Å². The van der Waals surface area contributed by atoms with Crippen LogP contribution in [0.4, 0.5) is 0 Å². The van der Waals surface area contributed by atoms with Crippen molar-refractivity contribution in [3.05, 3.63) is 35.4 Å². The monoisotopic (exact) mass is 242 g/mol. The molecule has 0 heterocycles. The molecule has 90 valence electrons. The van der Waals surface area contributed by atoms with Gasteiger partial charge >= 0.3 is 0 Å². The summed E-state index contributed by atoms with van der Waals surface area (Å²) in [5, 5.41) is 0. The molecule has 3 nitrogen and oxygen atoms in total. The Morgan fingerprint density at radius 2 is 2.00 bits per heavy atom. The molecule has 0 fully saturated rings. The van der Waals surface area contributed by atoms with E-state index in [-0.39, 0.29) is 18.3 Å². The lowest BCUT2D eigenvalue weighted by Gasteiger charge is -2.20. The SMILES string of the molecule is Cc1ccccc1CN(C)C(=O)[C@H](C)N.Cl. The third-order valence-electron chi connectivity index (χ3n) is 2.43. The Bertz CT molecular complexity index is 353. The van der Waals surface area contributed by atoms with E-state index in [1.54, 1.807) is 18.9 Å². The summed E-state index contributed by atoms with van der Waals surface area (Å²) in [5.74, 6) is -0.0294. The number of hydrogen-bond acceptors (Lipinski definition) is 2. The molecule has 0 bridgehead atoms. The van der Waals surface area contributed by atoms with E-state index in [0.29, 0.717) is 6.54 Å².